The zero-order valence-corrected chi connectivity index (χ0v) is 24.3. The van der Waals surface area contributed by atoms with Gasteiger partial charge in [-0.25, -0.2) is 19.2 Å². The Kier molecular flexibility index (Phi) is 9.16. The monoisotopic (exact) mass is 666 g/mol. The van der Waals surface area contributed by atoms with Crippen molar-refractivity contribution in [3.63, 3.8) is 0 Å². The SMILES string of the molecule is Cc1ccc(COCC(F)(F)F)c(N2C(=O)CSC2=NC(=O)Nc2ccc(-c3cn(-c4ccc(C(F)(F)F)cn4)cn3)cc2F)c1. The number of ether oxygens (including phenoxy) is 1. The summed E-state index contributed by atoms with van der Waals surface area (Å²) in [5.74, 6) is -1.27. The van der Waals surface area contributed by atoms with Gasteiger partial charge in [-0.1, -0.05) is 30.0 Å². The summed E-state index contributed by atoms with van der Waals surface area (Å²) in [7, 11) is 0. The number of anilines is 2. The molecule has 0 saturated carbocycles. The van der Waals surface area contributed by atoms with Crippen molar-refractivity contribution in [2.45, 2.75) is 25.9 Å². The number of thioether (sulfide) groups is 1. The molecule has 2 aromatic carbocycles. The number of amidine groups is 1. The van der Waals surface area contributed by atoms with Crippen LogP contribution < -0.4 is 10.2 Å². The number of amides is 3. The van der Waals surface area contributed by atoms with Crippen LogP contribution in [-0.4, -0.2) is 50.2 Å². The Bertz CT molecular complexity index is 1810. The number of carbonyl (C=O) groups excluding carboxylic acids is 2. The molecule has 9 nitrogen and oxygen atoms in total. The summed E-state index contributed by atoms with van der Waals surface area (Å²) < 4.78 is 97.4. The van der Waals surface area contributed by atoms with Gasteiger partial charge in [0.15, 0.2) is 5.17 Å². The van der Waals surface area contributed by atoms with E-state index in [2.05, 4.69) is 20.3 Å². The smallest absolute Gasteiger partial charge is 0.367 e. The third-order valence-corrected chi connectivity index (χ3v) is 7.32. The maximum atomic E-state index is 15.0. The minimum absolute atomic E-state index is 0.0652. The third kappa shape index (κ3) is 7.71. The van der Waals surface area contributed by atoms with E-state index < -0.39 is 48.9 Å². The average Bonchev–Trinajstić information content (AvgIpc) is 3.61. The zero-order valence-electron chi connectivity index (χ0n) is 23.5. The van der Waals surface area contributed by atoms with Gasteiger partial charge in [0.1, 0.15) is 24.6 Å². The number of hydrogen-bond acceptors (Lipinski definition) is 6. The molecule has 0 aliphatic carbocycles. The fraction of sp³-hybridized carbons (Fsp3) is 0.207. The van der Waals surface area contributed by atoms with Crippen LogP contribution in [0.3, 0.4) is 0 Å². The van der Waals surface area contributed by atoms with Crippen LogP contribution in [0.4, 0.5) is 46.9 Å². The number of nitrogens with one attached hydrogen (secondary N) is 1. The van der Waals surface area contributed by atoms with Gasteiger partial charge >= 0.3 is 18.4 Å². The average molecular weight is 667 g/mol. The van der Waals surface area contributed by atoms with Crippen LogP contribution in [0.1, 0.15) is 16.7 Å². The van der Waals surface area contributed by atoms with E-state index in [1.54, 1.807) is 19.1 Å². The second kappa shape index (κ2) is 12.9. The lowest BCUT2D eigenvalue weighted by Gasteiger charge is -2.21. The highest BCUT2D eigenvalue weighted by atomic mass is 32.2. The molecule has 1 aliphatic heterocycles. The Balaban J connectivity index is 1.30. The number of aromatic nitrogens is 3. The van der Waals surface area contributed by atoms with Crippen LogP contribution in [0, 0.1) is 12.7 Å². The van der Waals surface area contributed by atoms with Gasteiger partial charge in [0.2, 0.25) is 5.91 Å². The van der Waals surface area contributed by atoms with E-state index in [9.17, 15) is 35.9 Å². The first kappa shape index (κ1) is 32.6. The van der Waals surface area contributed by atoms with E-state index in [-0.39, 0.29) is 44.9 Å². The van der Waals surface area contributed by atoms with E-state index in [0.717, 1.165) is 34.9 Å². The number of benzene rings is 2. The summed E-state index contributed by atoms with van der Waals surface area (Å²) in [6.07, 6.45) is -5.67. The van der Waals surface area contributed by atoms with E-state index in [0.29, 0.717) is 11.8 Å². The fourth-order valence-corrected chi connectivity index (χ4v) is 5.13. The second-order valence-electron chi connectivity index (χ2n) is 9.85. The third-order valence-electron chi connectivity index (χ3n) is 6.40. The highest BCUT2D eigenvalue weighted by Crippen LogP contribution is 2.32. The lowest BCUT2D eigenvalue weighted by atomic mass is 10.1. The molecule has 0 bridgehead atoms. The highest BCUT2D eigenvalue weighted by Gasteiger charge is 2.33. The molecule has 0 radical (unpaired) electrons. The van der Waals surface area contributed by atoms with Gasteiger partial charge in [-0.2, -0.15) is 31.3 Å². The number of halogens is 7. The molecule has 240 valence electrons. The summed E-state index contributed by atoms with van der Waals surface area (Å²) >= 11 is 0.921. The molecule has 3 heterocycles. The summed E-state index contributed by atoms with van der Waals surface area (Å²) in [4.78, 5) is 38.5. The van der Waals surface area contributed by atoms with Gasteiger partial charge in [0, 0.05) is 23.5 Å². The van der Waals surface area contributed by atoms with Crippen LogP contribution in [-0.2, 0) is 22.3 Å². The molecule has 0 unspecified atom stereocenters. The minimum atomic E-state index is -4.54. The second-order valence-corrected chi connectivity index (χ2v) is 10.8. The molecule has 1 saturated heterocycles. The first-order valence-corrected chi connectivity index (χ1v) is 14.1. The predicted molar refractivity (Wildman–Crippen MR) is 155 cm³/mol. The van der Waals surface area contributed by atoms with E-state index in [1.165, 1.54) is 35.3 Å². The first-order valence-electron chi connectivity index (χ1n) is 13.1. The van der Waals surface area contributed by atoms with Crippen molar-refractivity contribution in [3.8, 4) is 17.1 Å². The molecule has 5 rings (SSSR count). The molecule has 4 aromatic rings. The maximum Gasteiger partial charge on any atom is 0.417 e. The Labute approximate surface area is 260 Å². The molecule has 3 amide bonds. The number of hydrogen-bond donors (Lipinski definition) is 1. The number of urea groups is 1. The molecule has 2 aromatic heterocycles. The van der Waals surface area contributed by atoms with Crippen molar-refractivity contribution in [2.75, 3.05) is 22.6 Å². The number of imidazole rings is 1. The van der Waals surface area contributed by atoms with Crippen molar-refractivity contribution >= 4 is 40.2 Å². The molecule has 17 heteroatoms. The standard InChI is InChI=1S/C29H21F7N6O3S/c1-16-2-3-18(12-45-14-28(31,32)33)23(8-16)42-25(43)13-46-27(42)40-26(44)39-21-6-4-17(9-20(21)30)22-11-41(15-38-22)24-7-5-19(10-37-24)29(34,35)36/h2-11,15H,12-14H2,1H3,(H,39,44). The molecule has 1 N–H and O–H groups in total. The molecule has 1 fully saturated rings. The Hall–Kier alpha value is -4.77. The van der Waals surface area contributed by atoms with Crippen molar-refractivity contribution in [1.29, 1.82) is 0 Å². The highest BCUT2D eigenvalue weighted by molar-refractivity contribution is 8.15. The number of alkyl halides is 6. The summed E-state index contributed by atoms with van der Waals surface area (Å²) in [6, 6.07) is 9.48. The van der Waals surface area contributed by atoms with Crippen molar-refractivity contribution in [2.24, 2.45) is 4.99 Å². The lowest BCUT2D eigenvalue weighted by molar-refractivity contribution is -0.176. The van der Waals surface area contributed by atoms with Gasteiger partial charge in [-0.15, -0.1) is 0 Å². The molecular weight excluding hydrogens is 645 g/mol. The number of pyridine rings is 1. The van der Waals surface area contributed by atoms with Crippen molar-refractivity contribution in [1.82, 2.24) is 14.5 Å². The molecule has 46 heavy (non-hydrogen) atoms. The summed E-state index contributed by atoms with van der Waals surface area (Å²) in [5, 5.41) is 2.23. The molecule has 0 spiro atoms. The quantitative estimate of drug-likeness (QED) is 0.210. The number of rotatable bonds is 7. The van der Waals surface area contributed by atoms with Crippen LogP contribution in [0.25, 0.3) is 17.1 Å². The molecule has 1 aliphatic rings. The lowest BCUT2D eigenvalue weighted by Crippen LogP contribution is -2.31. The number of aliphatic imine (C=N–C) groups is 1. The normalized spacial score (nSPS) is 14.7. The van der Waals surface area contributed by atoms with Gasteiger partial charge in [0.25, 0.3) is 0 Å². The van der Waals surface area contributed by atoms with Crippen molar-refractivity contribution in [3.05, 3.63) is 89.8 Å². The van der Waals surface area contributed by atoms with Gasteiger partial charge in [-0.05, 0) is 42.8 Å². The predicted octanol–water partition coefficient (Wildman–Crippen LogP) is 7.15. The van der Waals surface area contributed by atoms with Crippen molar-refractivity contribution < 1.29 is 45.1 Å². The Morgan fingerprint density at radius 1 is 1.07 bits per heavy atom. The van der Waals surface area contributed by atoms with Gasteiger partial charge in [-0.3, -0.25) is 14.3 Å². The van der Waals surface area contributed by atoms with Gasteiger partial charge < -0.3 is 10.1 Å². The van der Waals surface area contributed by atoms with Crippen LogP contribution in [0.2, 0.25) is 0 Å². The van der Waals surface area contributed by atoms with E-state index in [4.69, 9.17) is 4.74 Å². The van der Waals surface area contributed by atoms with E-state index >= 15 is 4.39 Å². The topological polar surface area (TPSA) is 102 Å². The first-order chi connectivity index (χ1) is 21.7. The van der Waals surface area contributed by atoms with E-state index in [1.807, 2.05) is 0 Å². The Morgan fingerprint density at radius 3 is 2.52 bits per heavy atom. The number of nitrogens with zero attached hydrogens (tertiary/aromatic N) is 5. The maximum absolute atomic E-state index is 15.0. The minimum Gasteiger partial charge on any atom is -0.367 e. The van der Waals surface area contributed by atoms with Crippen LogP contribution in [0.5, 0.6) is 0 Å². The molecular formula is C29H21F7N6O3S. The largest absolute Gasteiger partial charge is 0.417 e. The summed E-state index contributed by atoms with van der Waals surface area (Å²) in [6.45, 7) is -0.238. The van der Waals surface area contributed by atoms with Gasteiger partial charge in [0.05, 0.1) is 35.0 Å². The van der Waals surface area contributed by atoms with Crippen LogP contribution >= 0.6 is 11.8 Å². The Morgan fingerprint density at radius 2 is 1.85 bits per heavy atom. The number of aryl methyl sites for hydroxylation is 1. The van der Waals surface area contributed by atoms with Crippen LogP contribution in [0.15, 0.2) is 72.2 Å². The summed E-state index contributed by atoms with van der Waals surface area (Å²) in [5.41, 5.74) is 0.535. The number of carbonyl (C=O) groups is 2. The zero-order chi connectivity index (χ0) is 33.2. The molecule has 0 atom stereocenters. The fourth-order valence-electron chi connectivity index (χ4n) is 4.27.